The van der Waals surface area contributed by atoms with Gasteiger partial charge in [-0.05, 0) is 39.2 Å². The summed E-state index contributed by atoms with van der Waals surface area (Å²) in [6.45, 7) is 3.18. The topological polar surface area (TPSA) is 53.2 Å². The number of hydrogen-bond donors (Lipinski definition) is 3. The van der Waals surface area contributed by atoms with Crippen LogP contribution < -0.4 is 16.0 Å². The molecule has 2 rings (SSSR count). The van der Waals surface area contributed by atoms with Crippen molar-refractivity contribution in [2.24, 2.45) is 0 Å². The molecule has 3 N–H and O–H groups in total. The van der Waals surface area contributed by atoms with Gasteiger partial charge in [-0.25, -0.2) is 4.79 Å². The van der Waals surface area contributed by atoms with Crippen LogP contribution in [0.4, 0.5) is 4.79 Å². The zero-order valence-electron chi connectivity index (χ0n) is 10.8. The normalized spacial score (nSPS) is 27.7. The van der Waals surface area contributed by atoms with Crippen LogP contribution in [0.25, 0.3) is 0 Å². The molecule has 2 unspecified atom stereocenters. The van der Waals surface area contributed by atoms with Gasteiger partial charge in [-0.2, -0.15) is 0 Å². The maximum absolute atomic E-state index is 11.8. The summed E-state index contributed by atoms with van der Waals surface area (Å²) in [4.78, 5) is 11.8. The van der Waals surface area contributed by atoms with Crippen molar-refractivity contribution >= 4 is 6.03 Å². The van der Waals surface area contributed by atoms with Gasteiger partial charge in [-0.3, -0.25) is 0 Å². The van der Waals surface area contributed by atoms with Crippen molar-refractivity contribution in [3.63, 3.8) is 0 Å². The Morgan fingerprint density at radius 3 is 2.53 bits per heavy atom. The highest BCUT2D eigenvalue weighted by Crippen LogP contribution is 2.17. The molecule has 0 spiro atoms. The zero-order valence-corrected chi connectivity index (χ0v) is 10.8. The van der Waals surface area contributed by atoms with Gasteiger partial charge in [0, 0.05) is 18.1 Å². The van der Waals surface area contributed by atoms with E-state index in [4.69, 9.17) is 0 Å². The van der Waals surface area contributed by atoms with Crippen LogP contribution in [0.15, 0.2) is 0 Å². The third-order valence-electron chi connectivity index (χ3n) is 4.00. The van der Waals surface area contributed by atoms with Gasteiger partial charge in [0.25, 0.3) is 0 Å². The number of hydrogen-bond acceptors (Lipinski definition) is 2. The maximum Gasteiger partial charge on any atom is 0.315 e. The Balaban J connectivity index is 1.69. The number of carbonyl (C=O) groups is 1. The van der Waals surface area contributed by atoms with E-state index in [-0.39, 0.29) is 12.1 Å². The minimum atomic E-state index is 0.0109. The van der Waals surface area contributed by atoms with E-state index in [1.807, 2.05) is 0 Å². The van der Waals surface area contributed by atoms with Crippen molar-refractivity contribution in [1.29, 1.82) is 0 Å². The first-order chi connectivity index (χ1) is 8.25. The molecule has 17 heavy (non-hydrogen) atoms. The molecule has 2 amide bonds. The summed E-state index contributed by atoms with van der Waals surface area (Å²) in [6, 6.07) is 1.08. The molecule has 98 valence electrons. The highest BCUT2D eigenvalue weighted by atomic mass is 16.2. The number of piperidine rings is 1. The average molecular weight is 239 g/mol. The SMILES string of the molecule is CC(NC(=O)NC1CCCC1)C1CCCCN1. The molecular weight excluding hydrogens is 214 g/mol. The van der Waals surface area contributed by atoms with Crippen LogP contribution in [0, 0.1) is 0 Å². The molecule has 1 saturated heterocycles. The fourth-order valence-corrected chi connectivity index (χ4v) is 2.91. The minimum absolute atomic E-state index is 0.0109. The predicted octanol–water partition coefficient (Wildman–Crippen LogP) is 1.76. The second kappa shape index (κ2) is 6.24. The quantitative estimate of drug-likeness (QED) is 0.703. The van der Waals surface area contributed by atoms with Crippen molar-refractivity contribution in [3.8, 4) is 0 Å². The van der Waals surface area contributed by atoms with Crippen LogP contribution in [0.5, 0.6) is 0 Å². The first kappa shape index (κ1) is 12.7. The van der Waals surface area contributed by atoms with E-state index in [0.717, 1.165) is 19.4 Å². The molecule has 2 atom stereocenters. The zero-order chi connectivity index (χ0) is 12.1. The van der Waals surface area contributed by atoms with Crippen molar-refractivity contribution in [1.82, 2.24) is 16.0 Å². The van der Waals surface area contributed by atoms with Crippen LogP contribution in [-0.4, -0.2) is 30.7 Å². The molecule has 4 heteroatoms. The van der Waals surface area contributed by atoms with Crippen LogP contribution in [0.1, 0.15) is 51.9 Å². The van der Waals surface area contributed by atoms with E-state index >= 15 is 0 Å². The molecule has 1 aliphatic carbocycles. The third-order valence-corrected chi connectivity index (χ3v) is 4.00. The molecule has 0 aromatic heterocycles. The molecule has 1 heterocycles. The molecule has 0 aromatic rings. The van der Waals surface area contributed by atoms with Gasteiger partial charge in [0.05, 0.1) is 0 Å². The average Bonchev–Trinajstić information content (AvgIpc) is 2.82. The first-order valence-electron chi connectivity index (χ1n) is 7.06. The number of carbonyl (C=O) groups excluding carboxylic acids is 1. The Labute approximate surface area is 104 Å². The Kier molecular flexibility index (Phi) is 4.66. The number of rotatable bonds is 3. The molecule has 0 bridgehead atoms. The summed E-state index contributed by atoms with van der Waals surface area (Å²) in [6.07, 6.45) is 8.50. The second-order valence-electron chi connectivity index (χ2n) is 5.44. The van der Waals surface area contributed by atoms with Crippen LogP contribution in [0.2, 0.25) is 0 Å². The lowest BCUT2D eigenvalue weighted by Gasteiger charge is -2.30. The van der Waals surface area contributed by atoms with Crippen LogP contribution in [0.3, 0.4) is 0 Å². The van der Waals surface area contributed by atoms with Gasteiger partial charge in [-0.1, -0.05) is 19.3 Å². The maximum atomic E-state index is 11.8. The van der Waals surface area contributed by atoms with Gasteiger partial charge in [0.1, 0.15) is 0 Å². The highest BCUT2D eigenvalue weighted by Gasteiger charge is 2.22. The molecule has 2 fully saturated rings. The monoisotopic (exact) mass is 239 g/mol. The summed E-state index contributed by atoms with van der Waals surface area (Å²) < 4.78 is 0. The van der Waals surface area contributed by atoms with E-state index in [0.29, 0.717) is 12.1 Å². The fraction of sp³-hybridized carbons (Fsp3) is 0.923. The molecule has 0 aromatic carbocycles. The van der Waals surface area contributed by atoms with E-state index in [2.05, 4.69) is 22.9 Å². The third kappa shape index (κ3) is 3.87. The summed E-state index contributed by atoms with van der Waals surface area (Å²) in [5.41, 5.74) is 0. The lowest BCUT2D eigenvalue weighted by Crippen LogP contribution is -2.53. The Morgan fingerprint density at radius 2 is 1.88 bits per heavy atom. The molecule has 4 nitrogen and oxygen atoms in total. The fourth-order valence-electron chi connectivity index (χ4n) is 2.91. The molecule has 1 saturated carbocycles. The van der Waals surface area contributed by atoms with Gasteiger partial charge >= 0.3 is 6.03 Å². The lowest BCUT2D eigenvalue weighted by atomic mass is 9.99. The van der Waals surface area contributed by atoms with Gasteiger partial charge < -0.3 is 16.0 Å². The van der Waals surface area contributed by atoms with Gasteiger partial charge in [0.2, 0.25) is 0 Å². The van der Waals surface area contributed by atoms with Gasteiger partial charge in [-0.15, -0.1) is 0 Å². The van der Waals surface area contributed by atoms with Crippen LogP contribution >= 0.6 is 0 Å². The number of amides is 2. The summed E-state index contributed by atoms with van der Waals surface area (Å²) >= 11 is 0. The van der Waals surface area contributed by atoms with Crippen molar-refractivity contribution in [2.75, 3.05) is 6.54 Å². The smallest absolute Gasteiger partial charge is 0.315 e. The van der Waals surface area contributed by atoms with Crippen molar-refractivity contribution < 1.29 is 4.79 Å². The van der Waals surface area contributed by atoms with Crippen molar-refractivity contribution in [2.45, 2.75) is 70.0 Å². The van der Waals surface area contributed by atoms with Crippen molar-refractivity contribution in [3.05, 3.63) is 0 Å². The largest absolute Gasteiger partial charge is 0.335 e. The molecule has 2 aliphatic rings. The highest BCUT2D eigenvalue weighted by molar-refractivity contribution is 5.74. The summed E-state index contributed by atoms with van der Waals surface area (Å²) in [5, 5.41) is 9.61. The van der Waals surface area contributed by atoms with Gasteiger partial charge in [0.15, 0.2) is 0 Å². The first-order valence-corrected chi connectivity index (χ1v) is 7.06. The Bertz CT molecular complexity index is 245. The Morgan fingerprint density at radius 1 is 1.18 bits per heavy atom. The Hall–Kier alpha value is -0.770. The van der Waals surface area contributed by atoms with Crippen LogP contribution in [-0.2, 0) is 0 Å². The molecular formula is C13H25N3O. The number of urea groups is 1. The summed E-state index contributed by atoms with van der Waals surface area (Å²) in [7, 11) is 0. The number of nitrogens with one attached hydrogen (secondary N) is 3. The van der Waals surface area contributed by atoms with E-state index in [1.165, 1.54) is 32.1 Å². The minimum Gasteiger partial charge on any atom is -0.335 e. The lowest BCUT2D eigenvalue weighted by molar-refractivity contribution is 0.227. The standard InChI is InChI=1S/C13H25N3O/c1-10(12-8-4-5-9-14-12)15-13(17)16-11-6-2-3-7-11/h10-12,14H,2-9H2,1H3,(H2,15,16,17). The molecule has 0 radical (unpaired) electrons. The van der Waals surface area contributed by atoms with E-state index in [9.17, 15) is 4.79 Å². The molecule has 1 aliphatic heterocycles. The predicted molar refractivity (Wildman–Crippen MR) is 69.0 cm³/mol. The van der Waals surface area contributed by atoms with E-state index < -0.39 is 0 Å². The second-order valence-corrected chi connectivity index (χ2v) is 5.44. The van der Waals surface area contributed by atoms with E-state index in [1.54, 1.807) is 0 Å². The summed E-state index contributed by atoms with van der Waals surface area (Å²) in [5.74, 6) is 0.